The lowest BCUT2D eigenvalue weighted by Crippen LogP contribution is -2.18. The second-order valence-electron chi connectivity index (χ2n) is 6.32. The molecule has 0 aliphatic heterocycles. The van der Waals surface area contributed by atoms with Gasteiger partial charge in [-0.3, -0.25) is 4.79 Å². The number of nitriles is 1. The minimum atomic E-state index is -0.118. The average molecular weight is 365 g/mol. The van der Waals surface area contributed by atoms with Gasteiger partial charge in [0.1, 0.15) is 23.4 Å². The highest BCUT2D eigenvalue weighted by Crippen LogP contribution is 2.38. The third-order valence-electron chi connectivity index (χ3n) is 4.65. The third-order valence-corrected chi connectivity index (χ3v) is 5.86. The average Bonchev–Trinajstić information content (AvgIpc) is 3.30. The molecule has 0 fully saturated rings. The molecule has 0 radical (unpaired) electrons. The molecule has 0 atom stereocenters. The van der Waals surface area contributed by atoms with Crippen molar-refractivity contribution in [2.24, 2.45) is 0 Å². The Hall–Kier alpha value is -2.78. The molecule has 0 saturated heterocycles. The molecule has 0 saturated carbocycles. The summed E-state index contributed by atoms with van der Waals surface area (Å²) >= 11 is 1.54. The number of carbonyl (C=O) groups is 1. The molecule has 2 heterocycles. The second-order valence-corrected chi connectivity index (χ2v) is 7.42. The van der Waals surface area contributed by atoms with Gasteiger partial charge in [0, 0.05) is 22.0 Å². The van der Waals surface area contributed by atoms with Gasteiger partial charge in [0.2, 0.25) is 5.91 Å². The van der Waals surface area contributed by atoms with E-state index in [1.165, 1.54) is 4.88 Å². The first-order valence-corrected chi connectivity index (χ1v) is 9.57. The second kappa shape index (κ2) is 6.85. The Labute approximate surface area is 155 Å². The van der Waals surface area contributed by atoms with Gasteiger partial charge in [-0.1, -0.05) is 0 Å². The van der Waals surface area contributed by atoms with Crippen LogP contribution in [0.5, 0.6) is 5.75 Å². The quantitative estimate of drug-likeness (QED) is 0.740. The lowest BCUT2D eigenvalue weighted by molar-refractivity contribution is -0.116. The molecule has 6 heteroatoms. The van der Waals surface area contributed by atoms with Gasteiger partial charge >= 0.3 is 0 Å². The van der Waals surface area contributed by atoms with E-state index in [0.717, 1.165) is 41.5 Å². The normalized spacial score (nSPS) is 12.8. The SMILES string of the molecule is CCOc1ccc2c(ccn2CC(=O)Nc2sc3c(c2C#N)CCC3)c1. The Kier molecular flexibility index (Phi) is 4.39. The molecule has 1 aliphatic carbocycles. The van der Waals surface area contributed by atoms with Crippen LogP contribution in [0, 0.1) is 11.3 Å². The Morgan fingerprint density at radius 1 is 1.38 bits per heavy atom. The minimum absolute atomic E-state index is 0.118. The summed E-state index contributed by atoms with van der Waals surface area (Å²) < 4.78 is 7.43. The van der Waals surface area contributed by atoms with Gasteiger partial charge in [0.05, 0.1) is 12.2 Å². The molecule has 0 unspecified atom stereocenters. The van der Waals surface area contributed by atoms with E-state index in [1.54, 1.807) is 11.3 Å². The minimum Gasteiger partial charge on any atom is -0.494 e. The third kappa shape index (κ3) is 2.95. The Bertz CT molecular complexity index is 1030. The number of aromatic nitrogens is 1. The maximum absolute atomic E-state index is 12.5. The molecule has 5 nitrogen and oxygen atoms in total. The van der Waals surface area contributed by atoms with Crippen molar-refractivity contribution < 1.29 is 9.53 Å². The molecule has 1 N–H and O–H groups in total. The van der Waals surface area contributed by atoms with E-state index in [0.29, 0.717) is 17.2 Å². The molecule has 2 aromatic heterocycles. The smallest absolute Gasteiger partial charge is 0.244 e. The predicted octanol–water partition coefficient (Wildman–Crippen LogP) is 4.10. The molecular formula is C20H19N3O2S. The number of nitrogens with zero attached hydrogens (tertiary/aromatic N) is 2. The maximum atomic E-state index is 12.5. The number of hydrogen-bond acceptors (Lipinski definition) is 4. The fourth-order valence-electron chi connectivity index (χ4n) is 3.50. The highest BCUT2D eigenvalue weighted by Gasteiger charge is 2.23. The van der Waals surface area contributed by atoms with Gasteiger partial charge in [0.15, 0.2) is 0 Å². The van der Waals surface area contributed by atoms with Crippen LogP contribution < -0.4 is 10.1 Å². The van der Waals surface area contributed by atoms with E-state index in [2.05, 4.69) is 11.4 Å². The zero-order valence-electron chi connectivity index (χ0n) is 14.5. The zero-order chi connectivity index (χ0) is 18.1. The van der Waals surface area contributed by atoms with Crippen molar-refractivity contribution in [3.05, 3.63) is 46.5 Å². The van der Waals surface area contributed by atoms with Crippen molar-refractivity contribution in [1.29, 1.82) is 5.26 Å². The molecule has 1 amide bonds. The van der Waals surface area contributed by atoms with Crippen molar-refractivity contribution in [1.82, 2.24) is 4.57 Å². The molecule has 3 aromatic rings. The lowest BCUT2D eigenvalue weighted by atomic mass is 10.1. The number of amides is 1. The highest BCUT2D eigenvalue weighted by atomic mass is 32.1. The van der Waals surface area contributed by atoms with E-state index in [4.69, 9.17) is 4.74 Å². The van der Waals surface area contributed by atoms with Crippen LogP contribution in [0.4, 0.5) is 5.00 Å². The largest absolute Gasteiger partial charge is 0.494 e. The number of carbonyl (C=O) groups excluding carboxylic acids is 1. The first-order valence-electron chi connectivity index (χ1n) is 8.75. The molecule has 4 rings (SSSR count). The standard InChI is InChI=1S/C20H19N3O2S/c1-2-25-14-6-7-17-13(10-14)8-9-23(17)12-19(24)22-20-16(11-21)15-4-3-5-18(15)26-20/h6-10H,2-5,12H2,1H3,(H,22,24). The molecule has 26 heavy (non-hydrogen) atoms. The van der Waals surface area contributed by atoms with Crippen LogP contribution in [0.2, 0.25) is 0 Å². The van der Waals surface area contributed by atoms with Crippen LogP contribution >= 0.6 is 11.3 Å². The van der Waals surface area contributed by atoms with Gasteiger partial charge in [-0.25, -0.2) is 0 Å². The molecule has 0 bridgehead atoms. The lowest BCUT2D eigenvalue weighted by Gasteiger charge is -2.08. The van der Waals surface area contributed by atoms with Gasteiger partial charge < -0.3 is 14.6 Å². The zero-order valence-corrected chi connectivity index (χ0v) is 15.4. The van der Waals surface area contributed by atoms with E-state index in [-0.39, 0.29) is 12.5 Å². The van der Waals surface area contributed by atoms with Crippen molar-refractivity contribution in [3.8, 4) is 11.8 Å². The number of hydrogen-bond donors (Lipinski definition) is 1. The summed E-state index contributed by atoms with van der Waals surface area (Å²) in [5.41, 5.74) is 2.76. The summed E-state index contributed by atoms with van der Waals surface area (Å²) in [4.78, 5) is 13.8. The fraction of sp³-hybridized carbons (Fsp3) is 0.300. The summed E-state index contributed by atoms with van der Waals surface area (Å²) in [5, 5.41) is 14.1. The van der Waals surface area contributed by atoms with Crippen LogP contribution in [-0.4, -0.2) is 17.1 Å². The molecular weight excluding hydrogens is 346 g/mol. The van der Waals surface area contributed by atoms with Crippen LogP contribution in [0.1, 0.15) is 29.3 Å². The summed E-state index contributed by atoms with van der Waals surface area (Å²) in [6.45, 7) is 2.79. The van der Waals surface area contributed by atoms with Crippen molar-refractivity contribution in [3.63, 3.8) is 0 Å². The number of benzene rings is 1. The molecule has 0 spiro atoms. The van der Waals surface area contributed by atoms with Crippen LogP contribution in [0.15, 0.2) is 30.5 Å². The van der Waals surface area contributed by atoms with Crippen molar-refractivity contribution >= 4 is 33.1 Å². The van der Waals surface area contributed by atoms with Crippen LogP contribution in [0.25, 0.3) is 10.9 Å². The summed E-state index contributed by atoms with van der Waals surface area (Å²) in [6.07, 6.45) is 4.95. The van der Waals surface area contributed by atoms with E-state index >= 15 is 0 Å². The number of aryl methyl sites for hydroxylation is 1. The van der Waals surface area contributed by atoms with Gasteiger partial charge in [-0.05, 0) is 56.0 Å². The number of nitrogens with one attached hydrogen (secondary N) is 1. The first kappa shape index (κ1) is 16.7. The number of fused-ring (bicyclic) bond motifs is 2. The Morgan fingerprint density at radius 2 is 2.27 bits per heavy atom. The number of ether oxygens (including phenoxy) is 1. The van der Waals surface area contributed by atoms with E-state index < -0.39 is 0 Å². The van der Waals surface area contributed by atoms with E-state index in [9.17, 15) is 10.1 Å². The van der Waals surface area contributed by atoms with Crippen LogP contribution in [-0.2, 0) is 24.2 Å². The number of rotatable bonds is 5. The summed E-state index contributed by atoms with van der Waals surface area (Å²) in [7, 11) is 0. The maximum Gasteiger partial charge on any atom is 0.244 e. The highest BCUT2D eigenvalue weighted by molar-refractivity contribution is 7.16. The van der Waals surface area contributed by atoms with Crippen molar-refractivity contribution in [2.45, 2.75) is 32.7 Å². The van der Waals surface area contributed by atoms with E-state index in [1.807, 2.05) is 42.0 Å². The fourth-order valence-corrected chi connectivity index (χ4v) is 4.76. The Morgan fingerprint density at radius 3 is 3.08 bits per heavy atom. The topological polar surface area (TPSA) is 67.0 Å². The molecule has 1 aromatic carbocycles. The van der Waals surface area contributed by atoms with Gasteiger partial charge in [-0.15, -0.1) is 11.3 Å². The van der Waals surface area contributed by atoms with Gasteiger partial charge in [0.25, 0.3) is 0 Å². The Balaban J connectivity index is 1.52. The molecule has 1 aliphatic rings. The van der Waals surface area contributed by atoms with Crippen LogP contribution in [0.3, 0.4) is 0 Å². The summed E-state index contributed by atoms with van der Waals surface area (Å²) in [6, 6.07) is 10.1. The molecule has 132 valence electrons. The number of anilines is 1. The predicted molar refractivity (Wildman–Crippen MR) is 103 cm³/mol. The summed E-state index contributed by atoms with van der Waals surface area (Å²) in [5.74, 6) is 0.710. The number of thiophene rings is 1. The van der Waals surface area contributed by atoms with Crippen molar-refractivity contribution in [2.75, 3.05) is 11.9 Å². The first-order chi connectivity index (χ1) is 12.7. The van der Waals surface area contributed by atoms with Gasteiger partial charge in [-0.2, -0.15) is 5.26 Å². The monoisotopic (exact) mass is 365 g/mol.